The van der Waals surface area contributed by atoms with Gasteiger partial charge >= 0.3 is 0 Å². The lowest BCUT2D eigenvalue weighted by Gasteiger charge is -2.39. The van der Waals surface area contributed by atoms with Crippen molar-refractivity contribution < 1.29 is 0 Å². The lowest BCUT2D eigenvalue weighted by Crippen LogP contribution is -2.47. The summed E-state index contributed by atoms with van der Waals surface area (Å²) in [5, 5.41) is 3.44. The highest BCUT2D eigenvalue weighted by atomic mass is 15.2. The lowest BCUT2D eigenvalue weighted by molar-refractivity contribution is 0.108. The SMILES string of the molecule is CC.CC1CCCN(C2CCNCC2)C1. The number of piperidine rings is 2. The molecular weight excluding hydrogens is 184 g/mol. The maximum atomic E-state index is 3.44. The van der Waals surface area contributed by atoms with Crippen LogP contribution in [0.2, 0.25) is 0 Å². The molecule has 2 heteroatoms. The van der Waals surface area contributed by atoms with Crippen LogP contribution in [0.25, 0.3) is 0 Å². The molecule has 2 saturated heterocycles. The quantitative estimate of drug-likeness (QED) is 0.718. The van der Waals surface area contributed by atoms with E-state index in [9.17, 15) is 0 Å². The van der Waals surface area contributed by atoms with Crippen molar-refractivity contribution in [2.45, 2.75) is 52.5 Å². The zero-order valence-corrected chi connectivity index (χ0v) is 10.8. The Hall–Kier alpha value is -0.0800. The summed E-state index contributed by atoms with van der Waals surface area (Å²) in [4.78, 5) is 2.73. The van der Waals surface area contributed by atoms with Crippen molar-refractivity contribution in [2.75, 3.05) is 26.2 Å². The van der Waals surface area contributed by atoms with Gasteiger partial charge in [-0.1, -0.05) is 20.8 Å². The second-order valence-corrected chi connectivity index (χ2v) is 4.72. The third-order valence-corrected chi connectivity index (χ3v) is 3.51. The molecular formula is C13H28N2. The highest BCUT2D eigenvalue weighted by Gasteiger charge is 2.24. The summed E-state index contributed by atoms with van der Waals surface area (Å²) >= 11 is 0. The van der Waals surface area contributed by atoms with Crippen LogP contribution in [0.1, 0.15) is 46.5 Å². The van der Waals surface area contributed by atoms with Crippen LogP contribution >= 0.6 is 0 Å². The Morgan fingerprint density at radius 1 is 1.07 bits per heavy atom. The molecule has 2 aliphatic heterocycles. The molecule has 1 N–H and O–H groups in total. The Labute approximate surface area is 95.4 Å². The Kier molecular flexibility index (Phi) is 6.26. The third kappa shape index (κ3) is 4.12. The molecule has 0 aliphatic carbocycles. The van der Waals surface area contributed by atoms with E-state index in [0.29, 0.717) is 0 Å². The van der Waals surface area contributed by atoms with Gasteiger partial charge in [-0.05, 0) is 51.2 Å². The third-order valence-electron chi connectivity index (χ3n) is 3.51. The van der Waals surface area contributed by atoms with Gasteiger partial charge in [-0.3, -0.25) is 0 Å². The van der Waals surface area contributed by atoms with Gasteiger partial charge in [0.15, 0.2) is 0 Å². The van der Waals surface area contributed by atoms with E-state index < -0.39 is 0 Å². The van der Waals surface area contributed by atoms with Crippen LogP contribution < -0.4 is 5.32 Å². The monoisotopic (exact) mass is 212 g/mol. The number of hydrogen-bond acceptors (Lipinski definition) is 2. The van der Waals surface area contributed by atoms with Gasteiger partial charge in [-0.2, -0.15) is 0 Å². The second kappa shape index (κ2) is 7.24. The molecule has 2 fully saturated rings. The van der Waals surface area contributed by atoms with Gasteiger partial charge in [-0.25, -0.2) is 0 Å². The molecule has 2 aliphatic rings. The summed E-state index contributed by atoms with van der Waals surface area (Å²) in [7, 11) is 0. The minimum Gasteiger partial charge on any atom is -0.317 e. The Bertz CT molecular complexity index is 153. The lowest BCUT2D eigenvalue weighted by atomic mass is 9.96. The first-order valence-electron chi connectivity index (χ1n) is 6.81. The molecule has 0 bridgehead atoms. The number of nitrogens with one attached hydrogen (secondary N) is 1. The fraction of sp³-hybridized carbons (Fsp3) is 1.00. The number of nitrogens with zero attached hydrogens (tertiary/aromatic N) is 1. The van der Waals surface area contributed by atoms with E-state index in [2.05, 4.69) is 17.1 Å². The Morgan fingerprint density at radius 3 is 2.33 bits per heavy atom. The Morgan fingerprint density at radius 2 is 1.73 bits per heavy atom. The van der Waals surface area contributed by atoms with Crippen molar-refractivity contribution in [3.05, 3.63) is 0 Å². The second-order valence-electron chi connectivity index (χ2n) is 4.72. The summed E-state index contributed by atoms with van der Waals surface area (Å²) in [5.41, 5.74) is 0. The van der Waals surface area contributed by atoms with E-state index in [-0.39, 0.29) is 0 Å². The van der Waals surface area contributed by atoms with Crippen molar-refractivity contribution in [3.8, 4) is 0 Å². The predicted molar refractivity (Wildman–Crippen MR) is 67.2 cm³/mol. The Balaban J connectivity index is 0.000000531. The average molecular weight is 212 g/mol. The molecule has 0 aromatic heterocycles. The molecule has 0 radical (unpaired) electrons. The number of likely N-dealkylation sites (tertiary alicyclic amines) is 1. The van der Waals surface area contributed by atoms with E-state index in [1.165, 1.54) is 51.9 Å². The maximum Gasteiger partial charge on any atom is 0.0119 e. The fourth-order valence-corrected chi connectivity index (χ4v) is 2.73. The molecule has 0 spiro atoms. The molecule has 2 rings (SSSR count). The summed E-state index contributed by atoms with van der Waals surface area (Å²) < 4.78 is 0. The van der Waals surface area contributed by atoms with Gasteiger partial charge in [-0.15, -0.1) is 0 Å². The molecule has 0 aromatic rings. The van der Waals surface area contributed by atoms with Gasteiger partial charge in [0.2, 0.25) is 0 Å². The molecule has 1 atom stereocenters. The van der Waals surface area contributed by atoms with Gasteiger partial charge in [0.1, 0.15) is 0 Å². The van der Waals surface area contributed by atoms with E-state index in [4.69, 9.17) is 0 Å². The first kappa shape index (κ1) is 13.0. The molecule has 1 unspecified atom stereocenters. The topological polar surface area (TPSA) is 15.3 Å². The van der Waals surface area contributed by atoms with Crippen molar-refractivity contribution in [1.29, 1.82) is 0 Å². The smallest absolute Gasteiger partial charge is 0.0119 e. The number of hydrogen-bond donors (Lipinski definition) is 1. The van der Waals surface area contributed by atoms with Crippen molar-refractivity contribution in [1.82, 2.24) is 10.2 Å². The zero-order chi connectivity index (χ0) is 11.1. The van der Waals surface area contributed by atoms with E-state index in [0.717, 1.165) is 12.0 Å². The maximum absolute atomic E-state index is 3.44. The van der Waals surface area contributed by atoms with Crippen LogP contribution in [0.4, 0.5) is 0 Å². The molecule has 0 amide bonds. The molecule has 0 aromatic carbocycles. The van der Waals surface area contributed by atoms with Crippen molar-refractivity contribution >= 4 is 0 Å². The normalized spacial score (nSPS) is 29.4. The van der Waals surface area contributed by atoms with Crippen LogP contribution in [0.3, 0.4) is 0 Å². The summed E-state index contributed by atoms with van der Waals surface area (Å²) in [6.07, 6.45) is 5.60. The fourth-order valence-electron chi connectivity index (χ4n) is 2.73. The highest BCUT2D eigenvalue weighted by molar-refractivity contribution is 4.81. The minimum atomic E-state index is 0.893. The van der Waals surface area contributed by atoms with Crippen LogP contribution in [-0.4, -0.2) is 37.1 Å². The summed E-state index contributed by atoms with van der Waals surface area (Å²) in [5.74, 6) is 0.934. The largest absolute Gasteiger partial charge is 0.317 e. The van der Waals surface area contributed by atoms with Gasteiger partial charge in [0.05, 0.1) is 0 Å². The van der Waals surface area contributed by atoms with E-state index in [1.807, 2.05) is 13.8 Å². The minimum absolute atomic E-state index is 0.893. The van der Waals surface area contributed by atoms with Gasteiger partial charge in [0, 0.05) is 12.6 Å². The molecule has 90 valence electrons. The van der Waals surface area contributed by atoms with E-state index >= 15 is 0 Å². The first-order valence-corrected chi connectivity index (χ1v) is 6.81. The summed E-state index contributed by atoms with van der Waals surface area (Å²) in [6, 6.07) is 0.893. The molecule has 15 heavy (non-hydrogen) atoms. The highest BCUT2D eigenvalue weighted by Crippen LogP contribution is 2.21. The van der Waals surface area contributed by atoms with Gasteiger partial charge in [0.25, 0.3) is 0 Å². The first-order chi connectivity index (χ1) is 7.36. The summed E-state index contributed by atoms with van der Waals surface area (Å²) in [6.45, 7) is 11.6. The van der Waals surface area contributed by atoms with Crippen LogP contribution in [-0.2, 0) is 0 Å². The van der Waals surface area contributed by atoms with Crippen molar-refractivity contribution in [2.24, 2.45) is 5.92 Å². The molecule has 2 nitrogen and oxygen atoms in total. The molecule has 0 saturated carbocycles. The standard InChI is InChI=1S/C11H22N2.C2H6/c1-10-3-2-8-13(9-10)11-4-6-12-7-5-11;1-2/h10-12H,2-9H2,1H3;1-2H3. The number of rotatable bonds is 1. The predicted octanol–water partition coefficient (Wildman–Crippen LogP) is 2.50. The van der Waals surface area contributed by atoms with Crippen molar-refractivity contribution in [3.63, 3.8) is 0 Å². The zero-order valence-electron chi connectivity index (χ0n) is 10.8. The van der Waals surface area contributed by atoms with E-state index in [1.54, 1.807) is 0 Å². The van der Waals surface area contributed by atoms with Crippen LogP contribution in [0.5, 0.6) is 0 Å². The molecule has 2 heterocycles. The van der Waals surface area contributed by atoms with Crippen LogP contribution in [0, 0.1) is 5.92 Å². The van der Waals surface area contributed by atoms with Gasteiger partial charge < -0.3 is 10.2 Å². The average Bonchev–Trinajstić information content (AvgIpc) is 2.33. The van der Waals surface area contributed by atoms with Crippen LogP contribution in [0.15, 0.2) is 0 Å².